The molecule has 106 valence electrons. The molecule has 1 amide bonds. The van der Waals surface area contributed by atoms with Gasteiger partial charge in [-0.1, -0.05) is 0 Å². The molecule has 3 heterocycles. The van der Waals surface area contributed by atoms with Gasteiger partial charge in [0.2, 0.25) is 0 Å². The van der Waals surface area contributed by atoms with E-state index in [1.807, 2.05) is 14.0 Å². The predicted molar refractivity (Wildman–Crippen MR) is 73.1 cm³/mol. The summed E-state index contributed by atoms with van der Waals surface area (Å²) in [6, 6.07) is 0. The summed E-state index contributed by atoms with van der Waals surface area (Å²) in [7, 11) is 1.89. The second-order valence-electron chi connectivity index (χ2n) is 5.02. The number of nitrogens with zero attached hydrogens (tertiary/aromatic N) is 3. The summed E-state index contributed by atoms with van der Waals surface area (Å²) in [6.45, 7) is 4.06. The largest absolute Gasteiger partial charge is 0.346 e. The van der Waals surface area contributed by atoms with Gasteiger partial charge in [0.1, 0.15) is 0 Å². The smallest absolute Gasteiger partial charge is 0.272 e. The first-order valence-electron chi connectivity index (χ1n) is 6.69. The van der Waals surface area contributed by atoms with Crippen LogP contribution >= 0.6 is 0 Å². The lowest BCUT2D eigenvalue weighted by molar-refractivity contribution is 0.0944. The molecule has 0 fully saturated rings. The number of aromatic nitrogens is 4. The molecule has 3 N–H and O–H groups in total. The summed E-state index contributed by atoms with van der Waals surface area (Å²) >= 11 is 0. The number of nitrogens with one attached hydrogen (secondary N) is 3. The monoisotopic (exact) mass is 274 g/mol. The van der Waals surface area contributed by atoms with E-state index in [4.69, 9.17) is 0 Å². The Morgan fingerprint density at radius 1 is 1.55 bits per heavy atom. The summed E-state index contributed by atoms with van der Waals surface area (Å²) in [5.74, 6) is -0.144. The topological polar surface area (TPSA) is 87.6 Å². The lowest BCUT2D eigenvalue weighted by Gasteiger charge is -2.12. The minimum atomic E-state index is -0.144. The van der Waals surface area contributed by atoms with Gasteiger partial charge < -0.3 is 10.6 Å². The van der Waals surface area contributed by atoms with Crippen molar-refractivity contribution in [3.8, 4) is 0 Å². The van der Waals surface area contributed by atoms with Gasteiger partial charge >= 0.3 is 0 Å². The molecule has 1 aliphatic heterocycles. The Bertz CT molecular complexity index is 641. The van der Waals surface area contributed by atoms with Crippen LogP contribution in [0.2, 0.25) is 0 Å². The van der Waals surface area contributed by atoms with E-state index in [1.165, 1.54) is 0 Å². The third-order valence-electron chi connectivity index (χ3n) is 3.80. The first kappa shape index (κ1) is 12.9. The highest BCUT2D eigenvalue weighted by molar-refractivity contribution is 5.94. The van der Waals surface area contributed by atoms with Gasteiger partial charge in [0, 0.05) is 55.6 Å². The number of rotatable bonds is 3. The van der Waals surface area contributed by atoms with E-state index < -0.39 is 0 Å². The molecule has 1 aliphatic rings. The van der Waals surface area contributed by atoms with Crippen molar-refractivity contribution in [2.24, 2.45) is 7.05 Å². The fraction of sp³-hybridized carbons (Fsp3) is 0.462. The lowest BCUT2D eigenvalue weighted by atomic mass is 10.1. The van der Waals surface area contributed by atoms with Crippen LogP contribution in [0, 0.1) is 6.92 Å². The van der Waals surface area contributed by atoms with Gasteiger partial charge in [-0.05, 0) is 6.92 Å². The van der Waals surface area contributed by atoms with Crippen LogP contribution in [0.1, 0.15) is 33.0 Å². The van der Waals surface area contributed by atoms with Crippen LogP contribution in [0.4, 0.5) is 0 Å². The SMILES string of the molecule is Cc1c(CNC(=O)c2n[nH]c3c2CNCC3)cnn1C. The van der Waals surface area contributed by atoms with Gasteiger partial charge in [-0.3, -0.25) is 14.6 Å². The van der Waals surface area contributed by atoms with Crippen molar-refractivity contribution in [1.82, 2.24) is 30.6 Å². The third-order valence-corrected chi connectivity index (χ3v) is 3.80. The molecule has 20 heavy (non-hydrogen) atoms. The first-order chi connectivity index (χ1) is 9.66. The molecule has 0 radical (unpaired) electrons. The molecule has 0 atom stereocenters. The van der Waals surface area contributed by atoms with Crippen LogP contribution in [0.3, 0.4) is 0 Å². The van der Waals surface area contributed by atoms with Gasteiger partial charge in [-0.25, -0.2) is 0 Å². The van der Waals surface area contributed by atoms with Crippen LogP contribution in [-0.2, 0) is 26.6 Å². The molecular formula is C13H18N6O. The van der Waals surface area contributed by atoms with Crippen molar-refractivity contribution in [2.45, 2.75) is 26.4 Å². The number of amides is 1. The second-order valence-corrected chi connectivity index (χ2v) is 5.02. The van der Waals surface area contributed by atoms with E-state index in [9.17, 15) is 4.79 Å². The van der Waals surface area contributed by atoms with Crippen LogP contribution < -0.4 is 10.6 Å². The number of hydrogen-bond acceptors (Lipinski definition) is 4. The molecule has 0 aliphatic carbocycles. The highest BCUT2D eigenvalue weighted by Gasteiger charge is 2.21. The number of aryl methyl sites for hydroxylation is 1. The fourth-order valence-corrected chi connectivity index (χ4v) is 2.39. The maximum atomic E-state index is 12.2. The van der Waals surface area contributed by atoms with Crippen molar-refractivity contribution in [3.05, 3.63) is 34.4 Å². The van der Waals surface area contributed by atoms with Crippen molar-refractivity contribution in [3.63, 3.8) is 0 Å². The molecule has 7 nitrogen and oxygen atoms in total. The molecule has 0 saturated heterocycles. The van der Waals surface area contributed by atoms with Gasteiger partial charge in [0.25, 0.3) is 5.91 Å². The summed E-state index contributed by atoms with van der Waals surface area (Å²) in [4.78, 5) is 12.2. The molecule has 0 bridgehead atoms. The number of carbonyl (C=O) groups excluding carboxylic acids is 1. The predicted octanol–water partition coefficient (Wildman–Crippen LogP) is 0.0273. The van der Waals surface area contributed by atoms with Crippen LogP contribution in [0.5, 0.6) is 0 Å². The van der Waals surface area contributed by atoms with Crippen molar-refractivity contribution >= 4 is 5.91 Å². The minimum absolute atomic E-state index is 0.144. The first-order valence-corrected chi connectivity index (χ1v) is 6.69. The highest BCUT2D eigenvalue weighted by Crippen LogP contribution is 2.15. The Morgan fingerprint density at radius 3 is 3.15 bits per heavy atom. The van der Waals surface area contributed by atoms with Crippen LogP contribution in [0.25, 0.3) is 0 Å². The normalized spacial score (nSPS) is 14.1. The Kier molecular flexibility index (Phi) is 3.27. The average molecular weight is 274 g/mol. The Morgan fingerprint density at radius 2 is 2.40 bits per heavy atom. The summed E-state index contributed by atoms with van der Waals surface area (Å²) in [5.41, 5.74) is 4.61. The summed E-state index contributed by atoms with van der Waals surface area (Å²) in [6.07, 6.45) is 2.66. The van der Waals surface area contributed by atoms with E-state index in [0.29, 0.717) is 18.8 Å². The van der Waals surface area contributed by atoms with Crippen LogP contribution in [-0.4, -0.2) is 32.4 Å². The van der Waals surface area contributed by atoms with E-state index >= 15 is 0 Å². The molecule has 0 unspecified atom stereocenters. The lowest BCUT2D eigenvalue weighted by Crippen LogP contribution is -2.28. The van der Waals surface area contributed by atoms with Crippen LogP contribution in [0.15, 0.2) is 6.20 Å². The Balaban J connectivity index is 1.71. The molecule has 2 aromatic rings. The zero-order valence-corrected chi connectivity index (χ0v) is 11.7. The minimum Gasteiger partial charge on any atom is -0.346 e. The Labute approximate surface area is 116 Å². The number of fused-ring (bicyclic) bond motifs is 1. The zero-order chi connectivity index (χ0) is 14.1. The molecule has 0 saturated carbocycles. The Hall–Kier alpha value is -2.15. The second kappa shape index (κ2) is 5.09. The third kappa shape index (κ3) is 2.20. The maximum absolute atomic E-state index is 12.2. The molecule has 3 rings (SSSR count). The average Bonchev–Trinajstić information content (AvgIpc) is 3.02. The summed E-state index contributed by atoms with van der Waals surface area (Å²) < 4.78 is 1.79. The number of H-pyrrole nitrogens is 1. The van der Waals surface area contributed by atoms with E-state index in [0.717, 1.165) is 35.5 Å². The molecule has 7 heteroatoms. The van der Waals surface area contributed by atoms with E-state index in [2.05, 4.69) is 25.9 Å². The summed E-state index contributed by atoms with van der Waals surface area (Å²) in [5, 5.41) is 17.4. The van der Waals surface area contributed by atoms with Crippen molar-refractivity contribution in [2.75, 3.05) is 6.54 Å². The standard InChI is InChI=1S/C13H18N6O/c1-8-9(6-16-19(8)2)5-15-13(20)12-10-7-14-4-3-11(10)17-18-12/h6,14H,3-5,7H2,1-2H3,(H,15,20)(H,17,18). The number of carbonyl (C=O) groups is 1. The van der Waals surface area contributed by atoms with Gasteiger partial charge in [-0.15, -0.1) is 0 Å². The maximum Gasteiger partial charge on any atom is 0.272 e. The van der Waals surface area contributed by atoms with E-state index in [-0.39, 0.29) is 5.91 Å². The molecular weight excluding hydrogens is 256 g/mol. The van der Waals surface area contributed by atoms with Gasteiger partial charge in [0.15, 0.2) is 5.69 Å². The van der Waals surface area contributed by atoms with Crippen molar-refractivity contribution < 1.29 is 4.79 Å². The quantitative estimate of drug-likeness (QED) is 0.737. The fourth-order valence-electron chi connectivity index (χ4n) is 2.39. The van der Waals surface area contributed by atoms with Gasteiger partial charge in [0.05, 0.1) is 6.20 Å². The number of hydrogen-bond donors (Lipinski definition) is 3. The highest BCUT2D eigenvalue weighted by atomic mass is 16.1. The van der Waals surface area contributed by atoms with E-state index in [1.54, 1.807) is 10.9 Å². The zero-order valence-electron chi connectivity index (χ0n) is 11.7. The van der Waals surface area contributed by atoms with Crippen molar-refractivity contribution in [1.29, 1.82) is 0 Å². The van der Waals surface area contributed by atoms with Gasteiger partial charge in [-0.2, -0.15) is 10.2 Å². The molecule has 0 aromatic carbocycles. The number of aromatic amines is 1. The molecule has 0 spiro atoms. The molecule has 2 aromatic heterocycles.